The van der Waals surface area contributed by atoms with Gasteiger partial charge in [0.25, 0.3) is 5.82 Å². The summed E-state index contributed by atoms with van der Waals surface area (Å²) in [4.78, 5) is 5.00. The second-order valence-corrected chi connectivity index (χ2v) is 14.2. The molecule has 2 aromatic carbocycles. The van der Waals surface area contributed by atoms with Crippen molar-refractivity contribution in [3.63, 3.8) is 0 Å². The van der Waals surface area contributed by atoms with Crippen molar-refractivity contribution in [1.29, 1.82) is 0 Å². The third-order valence-electron chi connectivity index (χ3n) is 8.08. The van der Waals surface area contributed by atoms with Gasteiger partial charge in [0, 0.05) is 18.1 Å². The smallest absolute Gasteiger partial charge is 0.327 e. The monoisotopic (exact) mass is 495 g/mol. The van der Waals surface area contributed by atoms with E-state index >= 15 is 0 Å². The van der Waals surface area contributed by atoms with Gasteiger partial charge in [0.15, 0.2) is 0 Å². The molecule has 0 saturated carbocycles. The Morgan fingerprint density at radius 3 is 1.73 bits per heavy atom. The van der Waals surface area contributed by atoms with Gasteiger partial charge < -0.3 is 9.62 Å². The number of aryl methyl sites for hydroxylation is 3. The van der Waals surface area contributed by atoms with Crippen molar-refractivity contribution in [3.05, 3.63) is 76.9 Å². The van der Waals surface area contributed by atoms with Crippen LogP contribution >= 0.6 is 0 Å². The molecule has 0 aliphatic carbocycles. The van der Waals surface area contributed by atoms with E-state index in [4.69, 9.17) is 0 Å². The zero-order valence-corrected chi connectivity index (χ0v) is 25.0. The highest BCUT2D eigenvalue weighted by Gasteiger charge is 2.52. The molecule has 5 rings (SSSR count). The van der Waals surface area contributed by atoms with Crippen LogP contribution in [0.4, 0.5) is 11.4 Å². The minimum absolute atomic E-state index is 0.00638. The Morgan fingerprint density at radius 1 is 0.703 bits per heavy atom. The van der Waals surface area contributed by atoms with Crippen LogP contribution in [0.1, 0.15) is 90.1 Å². The topological polar surface area (TPSA) is 15.3 Å². The number of benzene rings is 2. The first-order valence-corrected chi connectivity index (χ1v) is 13.6. The van der Waals surface area contributed by atoms with Gasteiger partial charge in [0.2, 0.25) is 0 Å². The van der Waals surface area contributed by atoms with Gasteiger partial charge in [-0.2, -0.15) is 0 Å². The number of hydrogen-bond donors (Lipinski definition) is 0. The Balaban J connectivity index is 1.83. The summed E-state index contributed by atoms with van der Waals surface area (Å²) in [5.41, 5.74) is 10.8. The second kappa shape index (κ2) is 8.03. The third kappa shape index (κ3) is 3.93. The minimum atomic E-state index is -0.0128. The van der Waals surface area contributed by atoms with Crippen LogP contribution in [0.25, 0.3) is 11.4 Å². The zero-order valence-electron chi connectivity index (χ0n) is 25.0. The maximum absolute atomic E-state index is 2.53. The average Bonchev–Trinajstić information content (AvgIpc) is 3.37. The van der Waals surface area contributed by atoms with Gasteiger partial charge in [-0.05, 0) is 57.9 Å². The van der Waals surface area contributed by atoms with Gasteiger partial charge in [-0.25, -0.2) is 4.57 Å². The summed E-state index contributed by atoms with van der Waals surface area (Å²) >= 11 is 0. The second-order valence-electron chi connectivity index (χ2n) is 14.2. The van der Waals surface area contributed by atoms with Crippen LogP contribution in [0.5, 0.6) is 0 Å². The van der Waals surface area contributed by atoms with E-state index in [-0.39, 0.29) is 23.4 Å². The molecule has 194 valence electrons. The fourth-order valence-electron chi connectivity index (χ4n) is 5.97. The van der Waals surface area contributed by atoms with Crippen LogP contribution in [-0.2, 0) is 23.3 Å². The number of hydrogen-bond acceptors (Lipinski definition) is 2. The van der Waals surface area contributed by atoms with Crippen LogP contribution < -0.4 is 14.2 Å². The van der Waals surface area contributed by atoms with E-state index in [1.807, 2.05) is 0 Å². The van der Waals surface area contributed by atoms with Gasteiger partial charge in [-0.3, -0.25) is 4.48 Å². The molecule has 3 aromatic rings. The maximum Gasteiger partial charge on any atom is 0.642 e. The molecule has 0 amide bonds. The Bertz CT molecular complexity index is 1390. The van der Waals surface area contributed by atoms with Crippen molar-refractivity contribution in [2.24, 2.45) is 7.05 Å². The van der Waals surface area contributed by atoms with Crippen LogP contribution in [0.2, 0.25) is 0 Å². The van der Waals surface area contributed by atoms with E-state index in [2.05, 4.69) is 151 Å². The van der Waals surface area contributed by atoms with Crippen LogP contribution in [0.3, 0.4) is 0 Å². The normalized spacial score (nSPS) is 15.3. The molecule has 3 heterocycles. The number of aromatic nitrogens is 2. The van der Waals surface area contributed by atoms with Crippen molar-refractivity contribution in [3.8, 4) is 11.4 Å². The minimum Gasteiger partial charge on any atom is -0.327 e. The number of rotatable bonds is 1. The number of imidazole rings is 1. The lowest BCUT2D eigenvalue weighted by Gasteiger charge is -2.38. The molecule has 2 aliphatic rings. The lowest BCUT2D eigenvalue weighted by atomic mass is 9.71. The highest BCUT2D eigenvalue weighted by atomic mass is 15.4. The van der Waals surface area contributed by atoms with Gasteiger partial charge >= 0.3 is 7.12 Å². The average molecular weight is 496 g/mol. The number of nitrogens with zero attached hydrogens (tertiary/aromatic N) is 4. The Morgan fingerprint density at radius 2 is 1.22 bits per heavy atom. The number of anilines is 2. The molecule has 2 aliphatic heterocycles. The van der Waals surface area contributed by atoms with E-state index < -0.39 is 0 Å². The first-order chi connectivity index (χ1) is 17.0. The summed E-state index contributed by atoms with van der Waals surface area (Å²) in [5.74, 6) is 1.26. The van der Waals surface area contributed by atoms with Crippen molar-refractivity contribution in [1.82, 2.24) is 4.48 Å². The lowest BCUT2D eigenvalue weighted by Crippen LogP contribution is -2.54. The van der Waals surface area contributed by atoms with Crippen LogP contribution in [0.15, 0.2) is 49.1 Å². The highest BCUT2D eigenvalue weighted by Crippen LogP contribution is 2.48. The molecule has 0 fully saturated rings. The molecule has 0 atom stereocenters. The molecule has 37 heavy (non-hydrogen) atoms. The Hall–Kier alpha value is -2.95. The third-order valence-corrected chi connectivity index (χ3v) is 8.08. The number of fused-ring (bicyclic) bond motifs is 6. The van der Waals surface area contributed by atoms with E-state index in [1.54, 1.807) is 0 Å². The van der Waals surface area contributed by atoms with E-state index in [1.165, 1.54) is 50.6 Å². The molecule has 0 saturated heterocycles. The van der Waals surface area contributed by atoms with Crippen molar-refractivity contribution in [2.45, 2.75) is 92.4 Å². The summed E-state index contributed by atoms with van der Waals surface area (Å²) in [6.07, 6.45) is 9.03. The van der Waals surface area contributed by atoms with Crippen LogP contribution in [-0.4, -0.2) is 11.6 Å². The molecule has 0 spiro atoms. The molecule has 1 aromatic heterocycles. The summed E-state index contributed by atoms with van der Waals surface area (Å²) in [6.45, 7) is 25.6. The molecule has 0 unspecified atom stereocenters. The lowest BCUT2D eigenvalue weighted by molar-refractivity contribution is -0.659. The summed E-state index contributed by atoms with van der Waals surface area (Å²) in [5, 5.41) is 0. The van der Waals surface area contributed by atoms with E-state index in [0.717, 1.165) is 0 Å². The first-order valence-electron chi connectivity index (χ1n) is 13.6. The highest BCUT2D eigenvalue weighted by molar-refractivity contribution is 6.69. The Labute approximate surface area is 224 Å². The van der Waals surface area contributed by atoms with E-state index in [0.29, 0.717) is 0 Å². The predicted molar refractivity (Wildman–Crippen MR) is 158 cm³/mol. The molecule has 4 nitrogen and oxygen atoms in total. The molecular formula is C32H44BN4+. The molecule has 0 bridgehead atoms. The van der Waals surface area contributed by atoms with Gasteiger partial charge in [-0.1, -0.05) is 86.6 Å². The quantitative estimate of drug-likeness (QED) is 0.264. The fraction of sp³-hybridized carbons (Fsp3) is 0.469. The summed E-state index contributed by atoms with van der Waals surface area (Å²) in [7, 11) is 2.17. The van der Waals surface area contributed by atoms with Gasteiger partial charge in [-0.15, -0.1) is 0 Å². The van der Waals surface area contributed by atoms with Crippen molar-refractivity contribution >= 4 is 18.5 Å². The van der Waals surface area contributed by atoms with E-state index in [9.17, 15) is 0 Å². The van der Waals surface area contributed by atoms with Crippen molar-refractivity contribution in [2.75, 3.05) is 9.62 Å². The predicted octanol–water partition coefficient (Wildman–Crippen LogP) is 7.13. The fourth-order valence-corrected chi connectivity index (χ4v) is 5.97. The first kappa shape index (κ1) is 25.7. The Kier molecular flexibility index (Phi) is 5.57. The molecule has 0 N–H and O–H groups in total. The van der Waals surface area contributed by atoms with Crippen molar-refractivity contribution < 1.29 is 4.57 Å². The largest absolute Gasteiger partial charge is 0.642 e. The molecule has 5 heteroatoms. The van der Waals surface area contributed by atoms with Gasteiger partial charge in [0.05, 0.1) is 18.3 Å². The summed E-state index contributed by atoms with van der Waals surface area (Å²) in [6, 6.07) is 9.47. The van der Waals surface area contributed by atoms with Gasteiger partial charge in [0.1, 0.15) is 12.4 Å². The summed E-state index contributed by atoms with van der Waals surface area (Å²) < 4.78 is 4.72. The standard InChI is InChI=1S/C32H44BN4/c1-21-13-14-22(2)27-26(21)29-34(12)15-16-37(29)33-35(27)17-18-36(33)28-24(31(6,7)8)19-23(30(3,4)5)20-25(28)32(9,10)11/h13-20H,1-12H3/q+1. The molecule has 0 radical (unpaired) electrons. The maximum atomic E-state index is 2.53. The van der Waals surface area contributed by atoms with Crippen LogP contribution in [0, 0.1) is 13.8 Å². The SMILES string of the molecule is Cc1ccc(C)c2c1-c1n(cc[n+]1C)B1N(c3c(C(C)(C)C)cc(C(C)(C)C)cc3C(C)(C)C)C=CN12. The zero-order chi connectivity index (χ0) is 27.2. The molecular weight excluding hydrogens is 451 g/mol.